The van der Waals surface area contributed by atoms with Gasteiger partial charge in [-0.05, 0) is 25.1 Å². The minimum absolute atomic E-state index is 0.0371. The maximum absolute atomic E-state index is 11.1. The number of aliphatic carboxylic acids is 1. The Morgan fingerprint density at radius 1 is 1.50 bits per heavy atom. The average molecular weight is 221 g/mol. The van der Waals surface area contributed by atoms with E-state index in [0.717, 1.165) is 0 Å². The van der Waals surface area contributed by atoms with Gasteiger partial charge in [0, 0.05) is 5.56 Å². The summed E-state index contributed by atoms with van der Waals surface area (Å²) in [6.45, 7) is 1.68. The molecule has 1 aromatic rings. The third kappa shape index (κ3) is 1.84. The number of fused-ring (bicyclic) bond motifs is 1. The van der Waals surface area contributed by atoms with E-state index in [1.807, 2.05) is 0 Å². The van der Waals surface area contributed by atoms with Gasteiger partial charge < -0.3 is 15.2 Å². The lowest BCUT2D eigenvalue weighted by molar-refractivity contribution is -0.144. The molecule has 0 fully saturated rings. The Kier molecular flexibility index (Phi) is 2.52. The molecule has 0 spiro atoms. The van der Waals surface area contributed by atoms with Crippen LogP contribution in [0.4, 0.5) is 5.69 Å². The Hall–Kier alpha value is -2.04. The van der Waals surface area contributed by atoms with Gasteiger partial charge in [-0.3, -0.25) is 4.79 Å². The van der Waals surface area contributed by atoms with Crippen molar-refractivity contribution in [3.63, 3.8) is 0 Å². The van der Waals surface area contributed by atoms with Crippen molar-refractivity contribution in [2.75, 3.05) is 11.9 Å². The summed E-state index contributed by atoms with van der Waals surface area (Å²) >= 11 is 0. The van der Waals surface area contributed by atoms with Crippen molar-refractivity contribution in [3.8, 4) is 5.75 Å². The van der Waals surface area contributed by atoms with Gasteiger partial charge in [0.1, 0.15) is 5.75 Å². The van der Waals surface area contributed by atoms with Crippen LogP contribution in [-0.2, 0) is 4.79 Å². The Morgan fingerprint density at radius 3 is 2.88 bits per heavy atom. The van der Waals surface area contributed by atoms with E-state index in [0.29, 0.717) is 17.0 Å². The van der Waals surface area contributed by atoms with Crippen LogP contribution in [0.15, 0.2) is 18.2 Å². The van der Waals surface area contributed by atoms with Crippen LogP contribution in [0, 0.1) is 0 Å². The van der Waals surface area contributed by atoms with Crippen LogP contribution in [0.1, 0.15) is 17.3 Å². The quantitative estimate of drug-likeness (QED) is 0.732. The molecule has 1 aliphatic heterocycles. The lowest BCUT2D eigenvalue weighted by Crippen LogP contribution is -2.37. The molecular formula is C11H11NO4. The van der Waals surface area contributed by atoms with E-state index in [2.05, 4.69) is 5.32 Å². The molecule has 1 heterocycles. The topological polar surface area (TPSA) is 75.6 Å². The van der Waals surface area contributed by atoms with Crippen LogP contribution in [0.5, 0.6) is 5.75 Å². The Labute approximate surface area is 92.0 Å². The van der Waals surface area contributed by atoms with Crippen molar-refractivity contribution in [3.05, 3.63) is 23.8 Å². The van der Waals surface area contributed by atoms with E-state index in [-0.39, 0.29) is 12.3 Å². The zero-order valence-corrected chi connectivity index (χ0v) is 8.69. The summed E-state index contributed by atoms with van der Waals surface area (Å²) in [4.78, 5) is 21.9. The number of hydrogen-bond donors (Lipinski definition) is 2. The number of carboxylic acids is 1. The monoisotopic (exact) mass is 221 g/mol. The fourth-order valence-corrected chi connectivity index (χ4v) is 1.53. The number of carbonyl (C=O) groups excluding carboxylic acids is 1. The van der Waals surface area contributed by atoms with Gasteiger partial charge in [0.15, 0.2) is 5.78 Å². The highest BCUT2D eigenvalue weighted by molar-refractivity contribution is 5.95. The van der Waals surface area contributed by atoms with E-state index in [9.17, 15) is 9.59 Å². The van der Waals surface area contributed by atoms with Crippen LogP contribution < -0.4 is 10.1 Å². The summed E-state index contributed by atoms with van der Waals surface area (Å²) in [5.74, 6) is -0.581. The van der Waals surface area contributed by atoms with Gasteiger partial charge in [-0.1, -0.05) is 0 Å². The van der Waals surface area contributed by atoms with Crippen molar-refractivity contribution in [1.82, 2.24) is 0 Å². The SMILES string of the molecule is CC(=O)c1ccc2c(c1)NCC(C(=O)O)O2. The number of nitrogens with one attached hydrogen (secondary N) is 1. The van der Waals surface area contributed by atoms with E-state index < -0.39 is 12.1 Å². The number of carboxylic acid groups (broad SMARTS) is 1. The minimum Gasteiger partial charge on any atom is -0.478 e. The van der Waals surface area contributed by atoms with Gasteiger partial charge >= 0.3 is 5.97 Å². The van der Waals surface area contributed by atoms with Crippen molar-refractivity contribution >= 4 is 17.4 Å². The van der Waals surface area contributed by atoms with Gasteiger partial charge in [0.05, 0.1) is 12.2 Å². The molecule has 0 bridgehead atoms. The highest BCUT2D eigenvalue weighted by atomic mass is 16.5. The summed E-state index contributed by atoms with van der Waals surface area (Å²) in [6, 6.07) is 4.89. The van der Waals surface area contributed by atoms with Crippen molar-refractivity contribution in [2.45, 2.75) is 13.0 Å². The number of ketones is 1. The molecule has 1 aliphatic rings. The molecule has 0 radical (unpaired) electrons. The first-order chi connectivity index (χ1) is 7.58. The third-order valence-electron chi connectivity index (χ3n) is 2.41. The number of hydrogen-bond acceptors (Lipinski definition) is 4. The maximum Gasteiger partial charge on any atom is 0.346 e. The number of rotatable bonds is 2. The molecule has 0 amide bonds. The Morgan fingerprint density at radius 2 is 2.25 bits per heavy atom. The van der Waals surface area contributed by atoms with E-state index in [1.54, 1.807) is 18.2 Å². The van der Waals surface area contributed by atoms with Crippen LogP contribution in [0.2, 0.25) is 0 Å². The van der Waals surface area contributed by atoms with Gasteiger partial charge in [-0.15, -0.1) is 0 Å². The predicted octanol–water partition coefficient (Wildman–Crippen LogP) is 1.15. The molecule has 0 aromatic heterocycles. The summed E-state index contributed by atoms with van der Waals surface area (Å²) in [7, 11) is 0. The second-order valence-corrected chi connectivity index (χ2v) is 3.59. The number of Topliss-reactive ketones (excluding diaryl/α,β-unsaturated/α-hetero) is 1. The van der Waals surface area contributed by atoms with Crippen LogP contribution in [-0.4, -0.2) is 29.5 Å². The van der Waals surface area contributed by atoms with Crippen molar-refractivity contribution in [2.24, 2.45) is 0 Å². The van der Waals surface area contributed by atoms with E-state index in [1.165, 1.54) is 6.92 Å². The molecule has 2 N–H and O–H groups in total. The number of ether oxygens (including phenoxy) is 1. The lowest BCUT2D eigenvalue weighted by Gasteiger charge is -2.24. The van der Waals surface area contributed by atoms with Crippen LogP contribution in [0.25, 0.3) is 0 Å². The molecule has 5 nitrogen and oxygen atoms in total. The standard InChI is InChI=1S/C11H11NO4/c1-6(13)7-2-3-9-8(4-7)12-5-10(16-9)11(14)15/h2-4,10,12H,5H2,1H3,(H,14,15). The van der Waals surface area contributed by atoms with E-state index >= 15 is 0 Å². The summed E-state index contributed by atoms with van der Waals surface area (Å²) in [6.07, 6.45) is -0.879. The molecule has 0 aliphatic carbocycles. The zero-order valence-electron chi connectivity index (χ0n) is 8.69. The van der Waals surface area contributed by atoms with E-state index in [4.69, 9.17) is 9.84 Å². The van der Waals surface area contributed by atoms with Crippen LogP contribution >= 0.6 is 0 Å². The Bertz CT molecular complexity index is 455. The fourth-order valence-electron chi connectivity index (χ4n) is 1.53. The van der Waals surface area contributed by atoms with Gasteiger partial charge in [-0.2, -0.15) is 0 Å². The zero-order chi connectivity index (χ0) is 11.7. The average Bonchev–Trinajstić information content (AvgIpc) is 2.27. The summed E-state index contributed by atoms with van der Waals surface area (Å²) < 4.78 is 5.25. The molecule has 1 unspecified atom stereocenters. The highest BCUT2D eigenvalue weighted by Gasteiger charge is 2.25. The first-order valence-corrected chi connectivity index (χ1v) is 4.86. The summed E-state index contributed by atoms with van der Waals surface area (Å²) in [5, 5.41) is 11.7. The van der Waals surface area contributed by atoms with Gasteiger partial charge in [0.25, 0.3) is 0 Å². The maximum atomic E-state index is 11.1. The summed E-state index contributed by atoms with van der Waals surface area (Å²) in [5.41, 5.74) is 1.23. The molecule has 2 rings (SSSR count). The normalized spacial score (nSPS) is 17.9. The molecule has 84 valence electrons. The highest BCUT2D eigenvalue weighted by Crippen LogP contribution is 2.30. The molecule has 0 saturated carbocycles. The second-order valence-electron chi connectivity index (χ2n) is 3.59. The molecular weight excluding hydrogens is 210 g/mol. The Balaban J connectivity index is 2.29. The fraction of sp³-hybridized carbons (Fsp3) is 0.273. The first-order valence-electron chi connectivity index (χ1n) is 4.86. The third-order valence-corrected chi connectivity index (χ3v) is 2.41. The first kappa shape index (κ1) is 10.5. The largest absolute Gasteiger partial charge is 0.478 e. The second kappa shape index (κ2) is 3.84. The predicted molar refractivity (Wildman–Crippen MR) is 57.0 cm³/mol. The molecule has 16 heavy (non-hydrogen) atoms. The molecule has 5 heteroatoms. The van der Waals surface area contributed by atoms with Crippen molar-refractivity contribution < 1.29 is 19.4 Å². The number of carbonyl (C=O) groups is 2. The number of benzene rings is 1. The molecule has 0 saturated heterocycles. The van der Waals surface area contributed by atoms with Crippen LogP contribution in [0.3, 0.4) is 0 Å². The molecule has 1 atom stereocenters. The van der Waals surface area contributed by atoms with Crippen molar-refractivity contribution in [1.29, 1.82) is 0 Å². The lowest BCUT2D eigenvalue weighted by atomic mass is 10.1. The van der Waals surface area contributed by atoms with Gasteiger partial charge in [-0.25, -0.2) is 4.79 Å². The minimum atomic E-state index is -1.01. The smallest absolute Gasteiger partial charge is 0.346 e. The van der Waals surface area contributed by atoms with Gasteiger partial charge in [0.2, 0.25) is 6.10 Å². The number of anilines is 1. The molecule has 1 aromatic carbocycles.